The fourth-order valence-electron chi connectivity index (χ4n) is 4.47. The molecule has 1 fully saturated rings. The number of carbonyl (C=O) groups excluding carboxylic acids is 1. The minimum atomic E-state index is -0.570. The van der Waals surface area contributed by atoms with Gasteiger partial charge in [-0.1, -0.05) is 48.5 Å². The summed E-state index contributed by atoms with van der Waals surface area (Å²) in [6.07, 6.45) is -0.570. The van der Waals surface area contributed by atoms with Gasteiger partial charge in [-0.3, -0.25) is 5.32 Å². The lowest BCUT2D eigenvalue weighted by Crippen LogP contribution is -2.36. The molecule has 6 nitrogen and oxygen atoms in total. The first-order valence-corrected chi connectivity index (χ1v) is 11.5. The van der Waals surface area contributed by atoms with Crippen LogP contribution in [0.5, 0.6) is 0 Å². The van der Waals surface area contributed by atoms with Gasteiger partial charge in [-0.25, -0.2) is 4.79 Å². The summed E-state index contributed by atoms with van der Waals surface area (Å²) in [4.78, 5) is 14.7. The van der Waals surface area contributed by atoms with Crippen molar-refractivity contribution in [3.63, 3.8) is 0 Å². The van der Waals surface area contributed by atoms with Crippen LogP contribution < -0.4 is 15.5 Å². The molecule has 33 heavy (non-hydrogen) atoms. The molecule has 0 unspecified atom stereocenters. The van der Waals surface area contributed by atoms with Crippen LogP contribution in [-0.2, 0) is 9.47 Å². The Bertz CT molecular complexity index is 1110. The monoisotopic (exact) mass is 459 g/mol. The minimum Gasteiger partial charge on any atom is -0.448 e. The zero-order valence-electron chi connectivity index (χ0n) is 18.1. The fourth-order valence-corrected chi connectivity index (χ4v) is 4.67. The smallest absolute Gasteiger partial charge is 0.413 e. The molecular formula is C26H25N3O3S. The summed E-state index contributed by atoms with van der Waals surface area (Å²) in [5.41, 5.74) is 6.68. The Morgan fingerprint density at radius 3 is 2.18 bits per heavy atom. The standard InChI is InChI=1S/C26H25N3O3S/c30-26(28-25(33)27-18-9-11-19(12-10-18)29-13-15-31-16-14-29)32-17-24-22-7-3-1-5-20(22)21-6-2-4-8-23(21)24/h1-12,24H,13-17H2,(H2,27,28,30,33). The van der Waals surface area contributed by atoms with Gasteiger partial charge in [-0.2, -0.15) is 0 Å². The molecule has 5 rings (SSSR count). The van der Waals surface area contributed by atoms with Gasteiger partial charge in [0.15, 0.2) is 5.11 Å². The molecule has 0 saturated carbocycles. The van der Waals surface area contributed by atoms with E-state index >= 15 is 0 Å². The van der Waals surface area contributed by atoms with E-state index in [1.807, 2.05) is 48.5 Å². The van der Waals surface area contributed by atoms with Crippen LogP contribution in [-0.4, -0.2) is 44.1 Å². The van der Waals surface area contributed by atoms with Crippen molar-refractivity contribution in [3.05, 3.63) is 83.9 Å². The topological polar surface area (TPSA) is 62.8 Å². The van der Waals surface area contributed by atoms with Gasteiger partial charge in [0.25, 0.3) is 0 Å². The average molecular weight is 460 g/mol. The molecule has 1 heterocycles. The van der Waals surface area contributed by atoms with Gasteiger partial charge in [-0.15, -0.1) is 0 Å². The van der Waals surface area contributed by atoms with E-state index < -0.39 is 6.09 Å². The third-order valence-corrected chi connectivity index (χ3v) is 6.26. The van der Waals surface area contributed by atoms with E-state index in [-0.39, 0.29) is 17.6 Å². The first kappa shape index (κ1) is 21.4. The van der Waals surface area contributed by atoms with Crippen molar-refractivity contribution >= 4 is 34.8 Å². The summed E-state index contributed by atoms with van der Waals surface area (Å²) in [5, 5.41) is 5.85. The number of nitrogens with one attached hydrogen (secondary N) is 2. The molecule has 0 aromatic heterocycles. The first-order valence-electron chi connectivity index (χ1n) is 11.0. The molecule has 1 aliphatic heterocycles. The number of rotatable bonds is 4. The molecule has 2 aliphatic rings. The van der Waals surface area contributed by atoms with Gasteiger partial charge in [-0.05, 0) is 58.7 Å². The van der Waals surface area contributed by atoms with Gasteiger partial charge >= 0.3 is 6.09 Å². The number of fused-ring (bicyclic) bond motifs is 3. The van der Waals surface area contributed by atoms with E-state index in [9.17, 15) is 4.79 Å². The van der Waals surface area contributed by atoms with Crippen molar-refractivity contribution in [2.75, 3.05) is 43.1 Å². The number of carbonyl (C=O) groups is 1. The number of thiocarbonyl (C=S) groups is 1. The second-order valence-electron chi connectivity index (χ2n) is 8.05. The van der Waals surface area contributed by atoms with Crippen molar-refractivity contribution in [3.8, 4) is 11.1 Å². The van der Waals surface area contributed by atoms with E-state index in [1.54, 1.807) is 0 Å². The molecule has 1 aliphatic carbocycles. The SMILES string of the molecule is O=C(NC(=S)Nc1ccc(N2CCOCC2)cc1)OCC1c2ccccc2-c2ccccc21. The molecule has 2 N–H and O–H groups in total. The van der Waals surface area contributed by atoms with Crippen molar-refractivity contribution in [1.29, 1.82) is 0 Å². The molecule has 7 heteroatoms. The van der Waals surface area contributed by atoms with Gasteiger partial charge < -0.3 is 19.7 Å². The van der Waals surface area contributed by atoms with Crippen LogP contribution in [0.2, 0.25) is 0 Å². The van der Waals surface area contributed by atoms with Crippen molar-refractivity contribution in [2.24, 2.45) is 0 Å². The van der Waals surface area contributed by atoms with E-state index in [1.165, 1.54) is 22.3 Å². The minimum absolute atomic E-state index is 0.0115. The van der Waals surface area contributed by atoms with E-state index in [0.29, 0.717) is 0 Å². The van der Waals surface area contributed by atoms with Crippen LogP contribution in [0.15, 0.2) is 72.8 Å². The molecular weight excluding hydrogens is 434 g/mol. The van der Waals surface area contributed by atoms with Crippen LogP contribution in [0, 0.1) is 0 Å². The average Bonchev–Trinajstić information content (AvgIpc) is 3.17. The number of hydrogen-bond donors (Lipinski definition) is 2. The normalized spacial score (nSPS) is 14.8. The number of hydrogen-bond acceptors (Lipinski definition) is 5. The lowest BCUT2D eigenvalue weighted by molar-refractivity contribution is 0.122. The van der Waals surface area contributed by atoms with Crippen LogP contribution in [0.1, 0.15) is 17.0 Å². The Hall–Kier alpha value is -3.42. The van der Waals surface area contributed by atoms with Gasteiger partial charge in [0, 0.05) is 30.4 Å². The molecule has 0 atom stereocenters. The van der Waals surface area contributed by atoms with Crippen LogP contribution in [0.25, 0.3) is 11.1 Å². The van der Waals surface area contributed by atoms with Gasteiger partial charge in [0.1, 0.15) is 6.61 Å². The van der Waals surface area contributed by atoms with E-state index in [0.717, 1.165) is 37.7 Å². The number of morpholine rings is 1. The number of ether oxygens (including phenoxy) is 2. The second kappa shape index (κ2) is 9.60. The Kier molecular flexibility index (Phi) is 6.24. The lowest BCUT2D eigenvalue weighted by atomic mass is 9.98. The molecule has 168 valence electrons. The number of alkyl carbamates (subject to hydrolysis) is 1. The quantitative estimate of drug-likeness (QED) is 0.549. The highest BCUT2D eigenvalue weighted by Gasteiger charge is 2.29. The van der Waals surface area contributed by atoms with E-state index in [4.69, 9.17) is 21.7 Å². The van der Waals surface area contributed by atoms with Crippen molar-refractivity contribution in [1.82, 2.24) is 5.32 Å². The summed E-state index contributed by atoms with van der Waals surface area (Å²) in [7, 11) is 0. The summed E-state index contributed by atoms with van der Waals surface area (Å²) in [6.45, 7) is 3.50. The van der Waals surface area contributed by atoms with Gasteiger partial charge in [0.05, 0.1) is 13.2 Å². The predicted molar refractivity (Wildman–Crippen MR) is 134 cm³/mol. The Morgan fingerprint density at radius 2 is 1.55 bits per heavy atom. The zero-order chi connectivity index (χ0) is 22.6. The molecule has 3 aromatic rings. The fraction of sp³-hybridized carbons (Fsp3) is 0.231. The summed E-state index contributed by atoms with van der Waals surface area (Å²) in [6, 6.07) is 24.4. The number of benzene rings is 3. The van der Waals surface area contributed by atoms with Crippen molar-refractivity contribution < 1.29 is 14.3 Å². The van der Waals surface area contributed by atoms with Crippen LogP contribution in [0.3, 0.4) is 0 Å². The second-order valence-corrected chi connectivity index (χ2v) is 8.46. The Morgan fingerprint density at radius 1 is 0.939 bits per heavy atom. The number of anilines is 2. The molecule has 0 bridgehead atoms. The summed E-state index contributed by atoms with van der Waals surface area (Å²) < 4.78 is 10.9. The maximum atomic E-state index is 12.4. The third-order valence-electron chi connectivity index (χ3n) is 6.06. The molecule has 1 amide bonds. The van der Waals surface area contributed by atoms with Gasteiger partial charge in [0.2, 0.25) is 0 Å². The maximum Gasteiger partial charge on any atom is 0.413 e. The van der Waals surface area contributed by atoms with E-state index in [2.05, 4.69) is 39.8 Å². The maximum absolute atomic E-state index is 12.4. The summed E-state index contributed by atoms with van der Waals surface area (Å²) >= 11 is 5.30. The van der Waals surface area contributed by atoms with Crippen LogP contribution >= 0.6 is 12.2 Å². The molecule has 1 saturated heterocycles. The zero-order valence-corrected chi connectivity index (χ0v) is 18.9. The Labute approximate surface area is 198 Å². The number of nitrogens with zero attached hydrogens (tertiary/aromatic N) is 1. The predicted octanol–water partition coefficient (Wildman–Crippen LogP) is 4.76. The van der Waals surface area contributed by atoms with Crippen molar-refractivity contribution in [2.45, 2.75) is 5.92 Å². The highest BCUT2D eigenvalue weighted by molar-refractivity contribution is 7.80. The van der Waals surface area contributed by atoms with Crippen LogP contribution in [0.4, 0.5) is 16.2 Å². The highest BCUT2D eigenvalue weighted by Crippen LogP contribution is 2.44. The lowest BCUT2D eigenvalue weighted by Gasteiger charge is -2.28. The third kappa shape index (κ3) is 4.69. The highest BCUT2D eigenvalue weighted by atomic mass is 32.1. The summed E-state index contributed by atoms with van der Waals surface area (Å²) in [5.74, 6) is 0.0115. The largest absolute Gasteiger partial charge is 0.448 e. The molecule has 0 radical (unpaired) electrons. The Balaban J connectivity index is 1.15. The first-order chi connectivity index (χ1) is 16.2. The number of amides is 1. The molecule has 3 aromatic carbocycles. The molecule has 0 spiro atoms.